The standard InChI is InChI=1S/C17H21ClO2/c1-11(2)9-14-15(17(14,3)4)16(19)20-10-12-5-7-13(18)8-6-12/h5-9,14-15H,10H2,1-4H3/t14-,15-/m1/s1. The van der Waals surface area contributed by atoms with Crippen molar-refractivity contribution in [3.63, 3.8) is 0 Å². The van der Waals surface area contributed by atoms with Crippen LogP contribution in [0.2, 0.25) is 5.02 Å². The molecule has 2 nitrogen and oxygen atoms in total. The van der Waals surface area contributed by atoms with E-state index in [9.17, 15) is 4.79 Å². The number of halogens is 1. The Morgan fingerprint density at radius 3 is 2.45 bits per heavy atom. The molecule has 0 aromatic heterocycles. The van der Waals surface area contributed by atoms with Gasteiger partial charge in [-0.3, -0.25) is 4.79 Å². The summed E-state index contributed by atoms with van der Waals surface area (Å²) in [6.07, 6.45) is 2.17. The lowest BCUT2D eigenvalue weighted by atomic mass is 10.1. The van der Waals surface area contributed by atoms with Crippen molar-refractivity contribution < 1.29 is 9.53 Å². The molecule has 0 bridgehead atoms. The van der Waals surface area contributed by atoms with E-state index in [1.54, 1.807) is 12.1 Å². The topological polar surface area (TPSA) is 26.3 Å². The highest BCUT2D eigenvalue weighted by atomic mass is 35.5. The van der Waals surface area contributed by atoms with Gasteiger partial charge in [-0.15, -0.1) is 0 Å². The van der Waals surface area contributed by atoms with Crippen molar-refractivity contribution >= 4 is 17.6 Å². The van der Waals surface area contributed by atoms with Crippen LogP contribution in [0.1, 0.15) is 33.3 Å². The van der Waals surface area contributed by atoms with Crippen molar-refractivity contribution in [1.29, 1.82) is 0 Å². The minimum atomic E-state index is -0.104. The molecule has 2 rings (SSSR count). The summed E-state index contributed by atoms with van der Waals surface area (Å²) in [7, 11) is 0. The van der Waals surface area contributed by atoms with Gasteiger partial charge >= 0.3 is 5.97 Å². The monoisotopic (exact) mass is 292 g/mol. The number of esters is 1. The van der Waals surface area contributed by atoms with Gasteiger partial charge in [0.15, 0.2) is 0 Å². The van der Waals surface area contributed by atoms with Crippen LogP contribution in [-0.4, -0.2) is 5.97 Å². The molecule has 0 heterocycles. The molecule has 1 fully saturated rings. The molecule has 1 aliphatic carbocycles. The fourth-order valence-electron chi connectivity index (χ4n) is 2.62. The number of rotatable bonds is 4. The van der Waals surface area contributed by atoms with E-state index in [0.717, 1.165) is 5.56 Å². The van der Waals surface area contributed by atoms with Gasteiger partial charge in [0, 0.05) is 5.02 Å². The first-order valence-electron chi connectivity index (χ1n) is 6.88. The third kappa shape index (κ3) is 3.24. The Morgan fingerprint density at radius 1 is 1.30 bits per heavy atom. The number of carbonyl (C=O) groups is 1. The fraction of sp³-hybridized carbons (Fsp3) is 0.471. The van der Waals surface area contributed by atoms with E-state index in [-0.39, 0.29) is 17.3 Å². The second-order valence-corrected chi connectivity index (χ2v) is 6.74. The summed E-state index contributed by atoms with van der Waals surface area (Å²) in [5, 5.41) is 0.687. The Kier molecular flexibility index (Phi) is 4.24. The zero-order valence-corrected chi connectivity index (χ0v) is 13.2. The average molecular weight is 293 g/mol. The second kappa shape index (κ2) is 5.61. The molecule has 0 aliphatic heterocycles. The SMILES string of the molecule is CC(C)=C[C@@H]1[C@H](C(=O)OCc2ccc(Cl)cc2)C1(C)C. The predicted molar refractivity (Wildman–Crippen MR) is 81.4 cm³/mol. The van der Waals surface area contributed by atoms with Crippen LogP contribution in [0.15, 0.2) is 35.9 Å². The molecular formula is C17H21ClO2. The lowest BCUT2D eigenvalue weighted by Crippen LogP contribution is -2.10. The quantitative estimate of drug-likeness (QED) is 0.598. The highest BCUT2D eigenvalue weighted by molar-refractivity contribution is 6.30. The molecule has 1 aliphatic rings. The van der Waals surface area contributed by atoms with Crippen LogP contribution in [0.4, 0.5) is 0 Å². The summed E-state index contributed by atoms with van der Waals surface area (Å²) in [5.74, 6) is 0.169. The van der Waals surface area contributed by atoms with E-state index in [4.69, 9.17) is 16.3 Å². The zero-order chi connectivity index (χ0) is 14.9. The first-order valence-corrected chi connectivity index (χ1v) is 7.26. The van der Waals surface area contributed by atoms with Crippen LogP contribution in [-0.2, 0) is 16.1 Å². The largest absolute Gasteiger partial charge is 0.461 e. The lowest BCUT2D eigenvalue weighted by Gasteiger charge is -2.06. The molecule has 0 radical (unpaired) electrons. The molecule has 1 aromatic rings. The van der Waals surface area contributed by atoms with Crippen molar-refractivity contribution in [2.45, 2.75) is 34.3 Å². The summed E-state index contributed by atoms with van der Waals surface area (Å²) in [4.78, 5) is 12.2. The Labute approximate surface area is 125 Å². The summed E-state index contributed by atoms with van der Waals surface area (Å²) < 4.78 is 5.43. The summed E-state index contributed by atoms with van der Waals surface area (Å²) in [6, 6.07) is 7.36. The number of allylic oxidation sites excluding steroid dienone is 2. The molecule has 0 spiro atoms. The average Bonchev–Trinajstić information content (AvgIpc) is 2.89. The number of ether oxygens (including phenoxy) is 1. The molecule has 1 aromatic carbocycles. The van der Waals surface area contributed by atoms with Gasteiger partial charge in [0.05, 0.1) is 5.92 Å². The molecule has 2 atom stereocenters. The van der Waals surface area contributed by atoms with E-state index in [2.05, 4.69) is 33.8 Å². The van der Waals surface area contributed by atoms with Crippen molar-refractivity contribution in [2.24, 2.45) is 17.3 Å². The van der Waals surface area contributed by atoms with Crippen LogP contribution in [0, 0.1) is 17.3 Å². The second-order valence-electron chi connectivity index (χ2n) is 6.30. The van der Waals surface area contributed by atoms with Crippen molar-refractivity contribution in [2.75, 3.05) is 0 Å². The maximum atomic E-state index is 12.2. The Bertz CT molecular complexity index is 524. The first kappa shape index (κ1) is 15.1. The van der Waals surface area contributed by atoms with Crippen molar-refractivity contribution in [1.82, 2.24) is 0 Å². The molecule has 20 heavy (non-hydrogen) atoms. The van der Waals surface area contributed by atoms with Gasteiger partial charge in [-0.05, 0) is 42.9 Å². The minimum Gasteiger partial charge on any atom is -0.461 e. The number of carbonyl (C=O) groups excluding carboxylic acids is 1. The molecule has 0 amide bonds. The van der Waals surface area contributed by atoms with Crippen molar-refractivity contribution in [3.8, 4) is 0 Å². The lowest BCUT2D eigenvalue weighted by molar-refractivity contribution is -0.147. The number of hydrogen-bond acceptors (Lipinski definition) is 2. The maximum Gasteiger partial charge on any atom is 0.310 e. The van der Waals surface area contributed by atoms with E-state index in [1.165, 1.54) is 5.57 Å². The summed E-state index contributed by atoms with van der Waals surface area (Å²) >= 11 is 5.83. The Balaban J connectivity index is 1.93. The minimum absolute atomic E-state index is 0.00828. The van der Waals surface area contributed by atoms with Gasteiger partial charge < -0.3 is 4.74 Å². The Morgan fingerprint density at radius 2 is 1.90 bits per heavy atom. The fourth-order valence-corrected chi connectivity index (χ4v) is 2.75. The smallest absolute Gasteiger partial charge is 0.310 e. The maximum absolute atomic E-state index is 12.2. The number of hydrogen-bond donors (Lipinski definition) is 0. The van der Waals surface area contributed by atoms with Gasteiger partial charge in [-0.1, -0.05) is 49.2 Å². The molecule has 0 N–H and O–H groups in total. The van der Waals surface area contributed by atoms with Crippen molar-refractivity contribution in [3.05, 3.63) is 46.5 Å². The third-order valence-corrected chi connectivity index (χ3v) is 4.22. The molecule has 1 saturated carbocycles. The molecule has 0 saturated heterocycles. The number of benzene rings is 1. The van der Waals surface area contributed by atoms with Crippen LogP contribution in [0.5, 0.6) is 0 Å². The summed E-state index contributed by atoms with van der Waals surface area (Å²) in [5.41, 5.74) is 2.21. The highest BCUT2D eigenvalue weighted by Gasteiger charge is 2.61. The Hall–Kier alpha value is -1.28. The van der Waals surface area contributed by atoms with Gasteiger partial charge in [0.25, 0.3) is 0 Å². The van der Waals surface area contributed by atoms with Gasteiger partial charge in [-0.25, -0.2) is 0 Å². The van der Waals surface area contributed by atoms with Crippen LogP contribution >= 0.6 is 11.6 Å². The zero-order valence-electron chi connectivity index (χ0n) is 12.4. The van der Waals surface area contributed by atoms with Gasteiger partial charge in [-0.2, -0.15) is 0 Å². The van der Waals surface area contributed by atoms with Gasteiger partial charge in [0.2, 0.25) is 0 Å². The van der Waals surface area contributed by atoms with Crippen LogP contribution < -0.4 is 0 Å². The summed E-state index contributed by atoms with van der Waals surface area (Å²) in [6.45, 7) is 8.66. The third-order valence-electron chi connectivity index (χ3n) is 3.97. The predicted octanol–water partition coefficient (Wildman–Crippen LogP) is 4.62. The van der Waals surface area contributed by atoms with Gasteiger partial charge in [0.1, 0.15) is 6.61 Å². The molecule has 3 heteroatoms. The first-order chi connectivity index (χ1) is 9.32. The molecule has 0 unspecified atom stereocenters. The van der Waals surface area contributed by atoms with E-state index >= 15 is 0 Å². The van der Waals surface area contributed by atoms with E-state index in [1.807, 2.05) is 12.1 Å². The van der Waals surface area contributed by atoms with Crippen LogP contribution in [0.25, 0.3) is 0 Å². The van der Waals surface area contributed by atoms with E-state index in [0.29, 0.717) is 17.5 Å². The van der Waals surface area contributed by atoms with E-state index < -0.39 is 0 Å². The van der Waals surface area contributed by atoms with Crippen LogP contribution in [0.3, 0.4) is 0 Å². The normalized spacial score (nSPS) is 23.1. The highest BCUT2D eigenvalue weighted by Crippen LogP contribution is 2.59. The molecule has 108 valence electrons. The molecular weight excluding hydrogens is 272 g/mol.